The molecule has 2 aromatic carbocycles. The Morgan fingerprint density at radius 3 is 1.52 bits per heavy atom. The van der Waals surface area contributed by atoms with Crippen LogP contribution in [0.3, 0.4) is 0 Å². The summed E-state index contributed by atoms with van der Waals surface area (Å²) in [5.74, 6) is -1.78. The molecule has 0 N–H and O–H groups in total. The fourth-order valence-corrected chi connectivity index (χ4v) is 3.21. The van der Waals surface area contributed by atoms with E-state index in [1.54, 1.807) is 13.8 Å². The van der Waals surface area contributed by atoms with Crippen molar-refractivity contribution in [3.05, 3.63) is 64.7 Å². The van der Waals surface area contributed by atoms with Gasteiger partial charge in [-0.15, -0.1) is 0 Å². The molecule has 0 aliphatic heterocycles. The highest BCUT2D eigenvalue weighted by molar-refractivity contribution is 7.85. The number of Topliss-reactive ketones (excluding diaryl/α,β-unsaturated/α-hetero) is 4. The minimum Gasteiger partial charge on any atom is -0.744 e. The van der Waals surface area contributed by atoms with Crippen molar-refractivity contribution in [2.75, 3.05) is 0 Å². The lowest BCUT2D eigenvalue weighted by atomic mass is 9.97. The van der Waals surface area contributed by atoms with Gasteiger partial charge in [0.2, 0.25) is 0 Å². The second-order valence-electron chi connectivity index (χ2n) is 6.35. The molecule has 0 heterocycles. The van der Waals surface area contributed by atoms with E-state index in [4.69, 9.17) is 0 Å². The first kappa shape index (κ1) is 22.3. The minimum atomic E-state index is -4.89. The molecule has 29 heavy (non-hydrogen) atoms. The van der Waals surface area contributed by atoms with Gasteiger partial charge in [0.15, 0.2) is 23.1 Å². The van der Waals surface area contributed by atoms with Gasteiger partial charge in [-0.05, 0) is 18.2 Å². The monoisotopic (exact) mass is 415 g/mol. The van der Waals surface area contributed by atoms with E-state index >= 15 is 0 Å². The van der Waals surface area contributed by atoms with Crippen molar-refractivity contribution in [1.29, 1.82) is 0 Å². The molecule has 2 rings (SSSR count). The van der Waals surface area contributed by atoms with Gasteiger partial charge in [-0.2, -0.15) is 0 Å². The van der Waals surface area contributed by atoms with Crippen LogP contribution in [0.2, 0.25) is 0 Å². The molecule has 0 fully saturated rings. The van der Waals surface area contributed by atoms with Crippen LogP contribution < -0.4 is 0 Å². The SMILES string of the molecule is CCC(=O)c1ccc(C(=O)CC(=O)c2cc(C(=O)CC)cc(S(=O)(=O)[O-])c2)cc1. The zero-order valence-corrected chi connectivity index (χ0v) is 16.7. The third-order valence-electron chi connectivity index (χ3n) is 4.33. The summed E-state index contributed by atoms with van der Waals surface area (Å²) < 4.78 is 34.1. The lowest BCUT2D eigenvalue weighted by molar-refractivity contribution is 0.0892. The number of carbonyl (C=O) groups excluding carboxylic acids is 4. The molecule has 0 bridgehead atoms. The van der Waals surface area contributed by atoms with Gasteiger partial charge < -0.3 is 4.55 Å². The molecule has 0 atom stereocenters. The molecule has 0 saturated carbocycles. The first-order valence-corrected chi connectivity index (χ1v) is 10.3. The topological polar surface area (TPSA) is 125 Å². The number of rotatable bonds is 9. The van der Waals surface area contributed by atoms with Crippen LogP contribution >= 0.6 is 0 Å². The van der Waals surface area contributed by atoms with Crippen LogP contribution in [0.5, 0.6) is 0 Å². The Kier molecular flexibility index (Phi) is 6.94. The molecule has 0 unspecified atom stereocenters. The lowest BCUT2D eigenvalue weighted by Crippen LogP contribution is -2.12. The van der Waals surface area contributed by atoms with E-state index in [0.717, 1.165) is 12.1 Å². The quantitative estimate of drug-likeness (QED) is 0.350. The fourth-order valence-electron chi connectivity index (χ4n) is 2.67. The van der Waals surface area contributed by atoms with Gasteiger partial charge >= 0.3 is 0 Å². The standard InChI is InChI=1S/C21H20O7S/c1-3-18(22)13-5-7-14(8-6-13)20(24)12-21(25)16-9-15(19(23)4-2)10-17(11-16)29(26,27)28/h5-11H,3-4,12H2,1-2H3,(H,26,27,28)/p-1. The van der Waals surface area contributed by atoms with Crippen LogP contribution in [-0.2, 0) is 10.1 Å². The van der Waals surface area contributed by atoms with E-state index in [1.807, 2.05) is 0 Å². The zero-order valence-electron chi connectivity index (χ0n) is 15.9. The smallest absolute Gasteiger partial charge is 0.170 e. The number of hydrogen-bond donors (Lipinski definition) is 0. The largest absolute Gasteiger partial charge is 0.744 e. The summed E-state index contributed by atoms with van der Waals surface area (Å²) in [6.45, 7) is 3.27. The predicted octanol–water partition coefficient (Wildman–Crippen LogP) is 3.23. The lowest BCUT2D eigenvalue weighted by Gasteiger charge is -2.11. The van der Waals surface area contributed by atoms with E-state index < -0.39 is 38.8 Å². The summed E-state index contributed by atoms with van der Waals surface area (Å²) in [5.41, 5.74) is 0.377. The molecule has 0 saturated heterocycles. The molecule has 0 aliphatic carbocycles. The molecule has 0 aromatic heterocycles. The van der Waals surface area contributed by atoms with Gasteiger partial charge in [-0.3, -0.25) is 19.2 Å². The maximum absolute atomic E-state index is 12.5. The zero-order chi connectivity index (χ0) is 21.8. The number of hydrogen-bond acceptors (Lipinski definition) is 7. The maximum Gasteiger partial charge on any atom is 0.170 e. The third kappa shape index (κ3) is 5.52. The molecule has 7 nitrogen and oxygen atoms in total. The summed E-state index contributed by atoms with van der Waals surface area (Å²) in [7, 11) is -4.89. The molecule has 0 amide bonds. The highest BCUT2D eigenvalue weighted by Gasteiger charge is 2.18. The molecule has 2 aromatic rings. The Bertz CT molecular complexity index is 1080. The Morgan fingerprint density at radius 2 is 1.07 bits per heavy atom. The van der Waals surface area contributed by atoms with Gasteiger partial charge in [-0.25, -0.2) is 8.42 Å². The van der Waals surface area contributed by atoms with Gasteiger partial charge in [0.05, 0.1) is 11.3 Å². The summed E-state index contributed by atoms with van der Waals surface area (Å²) in [5, 5.41) is 0. The van der Waals surface area contributed by atoms with Crippen LogP contribution in [0.25, 0.3) is 0 Å². The van der Waals surface area contributed by atoms with Crippen LogP contribution in [0, 0.1) is 0 Å². The second-order valence-corrected chi connectivity index (χ2v) is 7.73. The van der Waals surface area contributed by atoms with E-state index in [2.05, 4.69) is 0 Å². The van der Waals surface area contributed by atoms with Gasteiger partial charge in [0, 0.05) is 35.1 Å². The van der Waals surface area contributed by atoms with Gasteiger partial charge in [0.1, 0.15) is 10.1 Å². The van der Waals surface area contributed by atoms with Crippen molar-refractivity contribution in [3.63, 3.8) is 0 Å². The Morgan fingerprint density at radius 1 is 0.690 bits per heavy atom. The van der Waals surface area contributed by atoms with Crippen LogP contribution in [0.1, 0.15) is 74.5 Å². The van der Waals surface area contributed by atoms with E-state index in [9.17, 15) is 32.1 Å². The summed E-state index contributed by atoms with van der Waals surface area (Å²) in [4.78, 5) is 47.8. The van der Waals surface area contributed by atoms with Crippen LogP contribution in [-0.4, -0.2) is 36.1 Å². The fraction of sp³-hybridized carbons (Fsp3) is 0.238. The number of ketones is 4. The average Bonchev–Trinajstić information content (AvgIpc) is 2.71. The maximum atomic E-state index is 12.5. The van der Waals surface area contributed by atoms with E-state index in [1.165, 1.54) is 30.3 Å². The molecule has 8 heteroatoms. The number of benzene rings is 2. The average molecular weight is 415 g/mol. The van der Waals surface area contributed by atoms with Crippen LogP contribution in [0.15, 0.2) is 47.4 Å². The normalized spacial score (nSPS) is 11.1. The Hall–Kier alpha value is -2.97. The Balaban J connectivity index is 2.30. The van der Waals surface area contributed by atoms with Crippen LogP contribution in [0.4, 0.5) is 0 Å². The summed E-state index contributed by atoms with van der Waals surface area (Å²) in [6.07, 6.45) is -0.204. The second kappa shape index (κ2) is 9.02. The van der Waals surface area contributed by atoms with E-state index in [-0.39, 0.29) is 28.9 Å². The summed E-state index contributed by atoms with van der Waals surface area (Å²) in [6, 6.07) is 8.83. The third-order valence-corrected chi connectivity index (χ3v) is 5.14. The summed E-state index contributed by atoms with van der Waals surface area (Å²) >= 11 is 0. The van der Waals surface area contributed by atoms with Crippen molar-refractivity contribution in [3.8, 4) is 0 Å². The first-order valence-electron chi connectivity index (χ1n) is 8.90. The molecule has 152 valence electrons. The highest BCUT2D eigenvalue weighted by atomic mass is 32.2. The van der Waals surface area contributed by atoms with Gasteiger partial charge in [0.25, 0.3) is 0 Å². The number of carbonyl (C=O) groups is 4. The van der Waals surface area contributed by atoms with E-state index in [0.29, 0.717) is 12.0 Å². The van der Waals surface area contributed by atoms with Gasteiger partial charge in [-0.1, -0.05) is 38.1 Å². The molecular formula is C21H19O7S-. The van der Waals surface area contributed by atoms with Crippen molar-refractivity contribution >= 4 is 33.3 Å². The molecule has 0 aliphatic rings. The Labute approximate surface area is 168 Å². The van der Waals surface area contributed by atoms with Crippen molar-refractivity contribution < 1.29 is 32.1 Å². The molecular weight excluding hydrogens is 396 g/mol. The molecule has 0 spiro atoms. The highest BCUT2D eigenvalue weighted by Crippen LogP contribution is 2.19. The van der Waals surface area contributed by atoms with Crippen molar-refractivity contribution in [2.45, 2.75) is 38.0 Å². The molecule has 0 radical (unpaired) electrons. The predicted molar refractivity (Wildman–Crippen MR) is 103 cm³/mol. The van der Waals surface area contributed by atoms with Crippen molar-refractivity contribution in [2.24, 2.45) is 0 Å². The minimum absolute atomic E-state index is 0.0533. The van der Waals surface area contributed by atoms with Crippen molar-refractivity contribution in [1.82, 2.24) is 0 Å². The first-order chi connectivity index (χ1) is 13.6.